The molecule has 0 radical (unpaired) electrons. The summed E-state index contributed by atoms with van der Waals surface area (Å²) in [6, 6.07) is 10.9. The standard InChI is InChI=1S/C27H32N8O/c1-19-6-4-7-20-26(19)27(29-18-28-20)34-11-3-2-8-22(34)21-16-24-30-23(32-9-5-10-32)17-25(35(24)31-21)33-12-14-36-15-13-33/h4,6-7,16-18,22H,2-3,5,8-15H2,1H3. The van der Waals surface area contributed by atoms with Crippen molar-refractivity contribution in [3.8, 4) is 0 Å². The Balaban J connectivity index is 1.33. The number of rotatable bonds is 4. The van der Waals surface area contributed by atoms with E-state index in [0.717, 1.165) is 98.5 Å². The predicted molar refractivity (Wildman–Crippen MR) is 141 cm³/mol. The minimum atomic E-state index is 0.156. The Hall–Kier alpha value is -3.46. The highest BCUT2D eigenvalue weighted by Crippen LogP contribution is 2.38. The molecule has 3 aliphatic heterocycles. The molecule has 6 heterocycles. The minimum absolute atomic E-state index is 0.156. The quantitative estimate of drug-likeness (QED) is 0.434. The Morgan fingerprint density at radius 1 is 0.917 bits per heavy atom. The number of fused-ring (bicyclic) bond motifs is 2. The Labute approximate surface area is 210 Å². The molecule has 36 heavy (non-hydrogen) atoms. The summed E-state index contributed by atoms with van der Waals surface area (Å²) in [7, 11) is 0. The van der Waals surface area contributed by atoms with Gasteiger partial charge in [-0.2, -0.15) is 9.61 Å². The van der Waals surface area contributed by atoms with E-state index in [4.69, 9.17) is 19.8 Å². The van der Waals surface area contributed by atoms with Gasteiger partial charge in [-0.3, -0.25) is 0 Å². The minimum Gasteiger partial charge on any atom is -0.378 e. The van der Waals surface area contributed by atoms with Crippen LogP contribution in [-0.2, 0) is 4.74 Å². The molecule has 9 heteroatoms. The molecule has 4 aromatic rings. The smallest absolute Gasteiger partial charge is 0.160 e. The van der Waals surface area contributed by atoms with Crippen LogP contribution in [0.1, 0.15) is 43.0 Å². The first-order valence-corrected chi connectivity index (χ1v) is 13.2. The van der Waals surface area contributed by atoms with Crippen molar-refractivity contribution >= 4 is 34.0 Å². The lowest BCUT2D eigenvalue weighted by molar-refractivity contribution is 0.122. The summed E-state index contributed by atoms with van der Waals surface area (Å²) in [4.78, 5) is 21.6. The van der Waals surface area contributed by atoms with Gasteiger partial charge in [-0.05, 0) is 44.2 Å². The Kier molecular flexibility index (Phi) is 5.38. The van der Waals surface area contributed by atoms with Crippen LogP contribution in [0.15, 0.2) is 36.7 Å². The van der Waals surface area contributed by atoms with Crippen LogP contribution in [0.5, 0.6) is 0 Å². The molecule has 3 aromatic heterocycles. The van der Waals surface area contributed by atoms with E-state index in [1.165, 1.54) is 18.4 Å². The fraction of sp³-hybridized carbons (Fsp3) is 0.481. The highest BCUT2D eigenvalue weighted by molar-refractivity contribution is 5.92. The van der Waals surface area contributed by atoms with E-state index in [9.17, 15) is 0 Å². The van der Waals surface area contributed by atoms with Gasteiger partial charge in [0.05, 0.1) is 30.5 Å². The first-order valence-electron chi connectivity index (χ1n) is 13.2. The van der Waals surface area contributed by atoms with Gasteiger partial charge < -0.3 is 19.4 Å². The molecule has 1 atom stereocenters. The number of aromatic nitrogens is 5. The van der Waals surface area contributed by atoms with Crippen LogP contribution < -0.4 is 14.7 Å². The molecule has 0 N–H and O–H groups in total. The van der Waals surface area contributed by atoms with Crippen LogP contribution in [0.25, 0.3) is 16.6 Å². The van der Waals surface area contributed by atoms with E-state index < -0.39 is 0 Å². The zero-order valence-electron chi connectivity index (χ0n) is 20.8. The van der Waals surface area contributed by atoms with Crippen molar-refractivity contribution < 1.29 is 4.74 Å². The van der Waals surface area contributed by atoms with Crippen LogP contribution in [0.3, 0.4) is 0 Å². The number of piperidine rings is 1. The lowest BCUT2D eigenvalue weighted by atomic mass is 9.98. The largest absolute Gasteiger partial charge is 0.378 e. The van der Waals surface area contributed by atoms with Crippen molar-refractivity contribution in [2.45, 2.75) is 38.6 Å². The molecular formula is C27H32N8O. The predicted octanol–water partition coefficient (Wildman–Crippen LogP) is 3.76. The van der Waals surface area contributed by atoms with Gasteiger partial charge in [0, 0.05) is 50.2 Å². The van der Waals surface area contributed by atoms with Crippen LogP contribution >= 0.6 is 0 Å². The van der Waals surface area contributed by atoms with Crippen molar-refractivity contribution in [2.75, 3.05) is 60.6 Å². The van der Waals surface area contributed by atoms with Gasteiger partial charge in [0.1, 0.15) is 23.8 Å². The van der Waals surface area contributed by atoms with Crippen molar-refractivity contribution in [2.24, 2.45) is 0 Å². The van der Waals surface area contributed by atoms with Crippen molar-refractivity contribution in [1.29, 1.82) is 0 Å². The fourth-order valence-corrected chi connectivity index (χ4v) is 5.82. The molecule has 9 nitrogen and oxygen atoms in total. The van der Waals surface area contributed by atoms with Gasteiger partial charge in [0.2, 0.25) is 0 Å². The zero-order valence-corrected chi connectivity index (χ0v) is 20.8. The van der Waals surface area contributed by atoms with E-state index in [0.29, 0.717) is 0 Å². The number of anilines is 3. The summed E-state index contributed by atoms with van der Waals surface area (Å²) in [6.07, 6.45) is 6.31. The van der Waals surface area contributed by atoms with Gasteiger partial charge in [0.15, 0.2) is 5.65 Å². The number of aryl methyl sites for hydroxylation is 1. The van der Waals surface area contributed by atoms with E-state index in [2.05, 4.69) is 61.5 Å². The maximum Gasteiger partial charge on any atom is 0.160 e. The second-order valence-corrected chi connectivity index (χ2v) is 10.1. The number of benzene rings is 1. The van der Waals surface area contributed by atoms with Gasteiger partial charge in [-0.25, -0.2) is 15.0 Å². The highest BCUT2D eigenvalue weighted by atomic mass is 16.5. The average molecular weight is 485 g/mol. The lowest BCUT2D eigenvalue weighted by Gasteiger charge is -2.36. The fourth-order valence-electron chi connectivity index (χ4n) is 5.82. The van der Waals surface area contributed by atoms with Crippen molar-refractivity contribution in [3.63, 3.8) is 0 Å². The van der Waals surface area contributed by atoms with E-state index in [-0.39, 0.29) is 6.04 Å². The zero-order chi connectivity index (χ0) is 24.1. The van der Waals surface area contributed by atoms with Crippen LogP contribution in [-0.4, -0.2) is 70.5 Å². The molecule has 186 valence electrons. The average Bonchev–Trinajstić information content (AvgIpc) is 3.32. The molecule has 3 saturated heterocycles. The third kappa shape index (κ3) is 3.64. The Bertz CT molecular complexity index is 1400. The molecule has 7 rings (SSSR count). The molecule has 0 aliphatic carbocycles. The first-order chi connectivity index (χ1) is 17.8. The molecule has 0 saturated carbocycles. The Morgan fingerprint density at radius 2 is 1.81 bits per heavy atom. The third-order valence-electron chi connectivity index (χ3n) is 7.90. The monoisotopic (exact) mass is 484 g/mol. The SMILES string of the molecule is Cc1cccc2ncnc(N3CCCCC3c3cc4nc(N5CCC5)cc(N5CCOCC5)n4n3)c12. The molecule has 3 aliphatic rings. The van der Waals surface area contributed by atoms with E-state index in [1.807, 2.05) is 0 Å². The summed E-state index contributed by atoms with van der Waals surface area (Å²) in [5, 5.41) is 6.34. The highest BCUT2D eigenvalue weighted by Gasteiger charge is 2.30. The van der Waals surface area contributed by atoms with Crippen LogP contribution in [0.2, 0.25) is 0 Å². The molecule has 0 bridgehead atoms. The number of hydrogen-bond donors (Lipinski definition) is 0. The number of hydrogen-bond acceptors (Lipinski definition) is 8. The molecule has 0 amide bonds. The molecule has 1 unspecified atom stereocenters. The summed E-state index contributed by atoms with van der Waals surface area (Å²) >= 11 is 0. The summed E-state index contributed by atoms with van der Waals surface area (Å²) in [5.41, 5.74) is 4.19. The molecule has 1 aromatic carbocycles. The lowest BCUT2D eigenvalue weighted by Crippen LogP contribution is -2.40. The van der Waals surface area contributed by atoms with Gasteiger partial charge in [-0.15, -0.1) is 0 Å². The molecule has 0 spiro atoms. The summed E-state index contributed by atoms with van der Waals surface area (Å²) in [6.45, 7) is 8.48. The summed E-state index contributed by atoms with van der Waals surface area (Å²) in [5.74, 6) is 3.18. The number of morpholine rings is 1. The summed E-state index contributed by atoms with van der Waals surface area (Å²) < 4.78 is 7.69. The van der Waals surface area contributed by atoms with Crippen molar-refractivity contribution in [1.82, 2.24) is 24.6 Å². The molecule has 3 fully saturated rings. The van der Waals surface area contributed by atoms with E-state index in [1.54, 1.807) is 6.33 Å². The van der Waals surface area contributed by atoms with Crippen molar-refractivity contribution in [3.05, 3.63) is 47.9 Å². The maximum atomic E-state index is 5.64. The van der Waals surface area contributed by atoms with Gasteiger partial charge in [0.25, 0.3) is 0 Å². The number of nitrogens with zero attached hydrogens (tertiary/aromatic N) is 8. The second-order valence-electron chi connectivity index (χ2n) is 10.1. The van der Waals surface area contributed by atoms with Gasteiger partial charge >= 0.3 is 0 Å². The third-order valence-corrected chi connectivity index (χ3v) is 7.90. The van der Waals surface area contributed by atoms with Crippen LogP contribution in [0, 0.1) is 6.92 Å². The Morgan fingerprint density at radius 3 is 2.64 bits per heavy atom. The topological polar surface area (TPSA) is 74.9 Å². The first kappa shape index (κ1) is 21.8. The van der Waals surface area contributed by atoms with Crippen LogP contribution in [0.4, 0.5) is 17.5 Å². The molecular weight excluding hydrogens is 452 g/mol. The maximum absolute atomic E-state index is 5.64. The van der Waals surface area contributed by atoms with E-state index >= 15 is 0 Å². The normalized spacial score (nSPS) is 20.8. The number of ether oxygens (including phenoxy) is 1. The van der Waals surface area contributed by atoms with Gasteiger partial charge in [-0.1, -0.05) is 12.1 Å². The second kappa shape index (κ2) is 8.89.